The van der Waals surface area contributed by atoms with Crippen LogP contribution < -0.4 is 4.90 Å². The van der Waals surface area contributed by atoms with Crippen molar-refractivity contribution in [3.63, 3.8) is 0 Å². The Kier molecular flexibility index (Phi) is 4.11. The van der Waals surface area contributed by atoms with Crippen LogP contribution in [0, 0.1) is 0 Å². The average molecular weight is 355 g/mol. The van der Waals surface area contributed by atoms with E-state index in [1.165, 1.54) is 17.7 Å². The lowest BCUT2D eigenvalue weighted by molar-refractivity contribution is -0.137. The minimum Gasteiger partial charge on any atom is -0.336 e. The molecule has 0 aliphatic carbocycles. The highest BCUT2D eigenvalue weighted by atomic mass is 19.4. The number of anilines is 1. The van der Waals surface area contributed by atoms with E-state index in [4.69, 9.17) is 0 Å². The number of nitrogens with zero attached hydrogens (tertiary/aromatic N) is 3. The standard InChI is InChI=1S/C20H16F3N3/c21-20(22,23)18-6-4-14(5-7-18)16-3-2-15-8-11-26(13-17(15)12-16)19-24-9-1-10-25-19/h1-7,9-10,12H,8,11,13H2. The first-order chi connectivity index (χ1) is 12.5. The number of aromatic nitrogens is 2. The summed E-state index contributed by atoms with van der Waals surface area (Å²) in [5.41, 5.74) is 3.46. The topological polar surface area (TPSA) is 29.0 Å². The van der Waals surface area contributed by atoms with Gasteiger partial charge in [0.1, 0.15) is 0 Å². The summed E-state index contributed by atoms with van der Waals surface area (Å²) in [6.45, 7) is 1.53. The van der Waals surface area contributed by atoms with E-state index in [0.717, 1.165) is 41.8 Å². The first-order valence-corrected chi connectivity index (χ1v) is 8.32. The van der Waals surface area contributed by atoms with E-state index in [1.54, 1.807) is 18.5 Å². The smallest absolute Gasteiger partial charge is 0.336 e. The summed E-state index contributed by atoms with van der Waals surface area (Å²) in [6.07, 6.45) is 0.0123. The van der Waals surface area contributed by atoms with Crippen LogP contribution in [0.1, 0.15) is 16.7 Å². The summed E-state index contributed by atoms with van der Waals surface area (Å²) in [5.74, 6) is 0.693. The molecular formula is C20H16F3N3. The molecule has 2 heterocycles. The van der Waals surface area contributed by atoms with Gasteiger partial charge in [-0.05, 0) is 52.9 Å². The number of hydrogen-bond acceptors (Lipinski definition) is 3. The van der Waals surface area contributed by atoms with Gasteiger partial charge in [-0.15, -0.1) is 0 Å². The molecule has 1 aliphatic heterocycles. The van der Waals surface area contributed by atoms with E-state index in [1.807, 2.05) is 12.1 Å². The minimum atomic E-state index is -4.31. The summed E-state index contributed by atoms with van der Waals surface area (Å²) < 4.78 is 38.2. The van der Waals surface area contributed by atoms with Crippen molar-refractivity contribution in [1.29, 1.82) is 0 Å². The molecule has 0 atom stereocenters. The zero-order valence-corrected chi connectivity index (χ0v) is 13.9. The summed E-state index contributed by atoms with van der Waals surface area (Å²) in [5, 5.41) is 0. The highest BCUT2D eigenvalue weighted by Gasteiger charge is 2.30. The van der Waals surface area contributed by atoms with Gasteiger partial charge in [0.2, 0.25) is 5.95 Å². The fourth-order valence-corrected chi connectivity index (χ4v) is 3.21. The van der Waals surface area contributed by atoms with Crippen molar-refractivity contribution in [3.8, 4) is 11.1 Å². The van der Waals surface area contributed by atoms with E-state index < -0.39 is 11.7 Å². The van der Waals surface area contributed by atoms with Gasteiger partial charge < -0.3 is 4.90 Å². The molecule has 0 amide bonds. The van der Waals surface area contributed by atoms with Gasteiger partial charge in [0.05, 0.1) is 5.56 Å². The largest absolute Gasteiger partial charge is 0.416 e. The molecule has 2 aromatic carbocycles. The van der Waals surface area contributed by atoms with E-state index in [0.29, 0.717) is 12.5 Å². The Morgan fingerprint density at radius 1 is 0.846 bits per heavy atom. The van der Waals surface area contributed by atoms with Crippen LogP contribution in [0.5, 0.6) is 0 Å². The van der Waals surface area contributed by atoms with Gasteiger partial charge in [0, 0.05) is 25.5 Å². The number of benzene rings is 2. The lowest BCUT2D eigenvalue weighted by Crippen LogP contribution is -2.31. The molecule has 3 aromatic rings. The molecule has 0 N–H and O–H groups in total. The second-order valence-corrected chi connectivity index (χ2v) is 6.28. The maximum atomic E-state index is 12.7. The molecule has 0 unspecified atom stereocenters. The molecular weight excluding hydrogens is 339 g/mol. The molecule has 0 saturated carbocycles. The molecule has 0 spiro atoms. The molecule has 132 valence electrons. The number of fused-ring (bicyclic) bond motifs is 1. The van der Waals surface area contributed by atoms with Crippen molar-refractivity contribution in [2.24, 2.45) is 0 Å². The fourth-order valence-electron chi connectivity index (χ4n) is 3.21. The number of halogens is 3. The molecule has 0 bridgehead atoms. The molecule has 0 saturated heterocycles. The van der Waals surface area contributed by atoms with Crippen LogP contribution in [0.25, 0.3) is 11.1 Å². The van der Waals surface area contributed by atoms with Gasteiger partial charge in [-0.25, -0.2) is 9.97 Å². The van der Waals surface area contributed by atoms with Gasteiger partial charge in [-0.2, -0.15) is 13.2 Å². The summed E-state index contributed by atoms with van der Waals surface area (Å²) >= 11 is 0. The van der Waals surface area contributed by atoms with Crippen LogP contribution >= 0.6 is 0 Å². The maximum Gasteiger partial charge on any atom is 0.416 e. The Morgan fingerprint density at radius 2 is 1.54 bits per heavy atom. The number of alkyl halides is 3. The monoisotopic (exact) mass is 355 g/mol. The molecule has 0 fully saturated rings. The van der Waals surface area contributed by atoms with Crippen molar-refractivity contribution in [2.75, 3.05) is 11.4 Å². The van der Waals surface area contributed by atoms with E-state index >= 15 is 0 Å². The SMILES string of the molecule is FC(F)(F)c1ccc(-c2ccc3c(c2)CN(c2ncccn2)CC3)cc1. The first-order valence-electron chi connectivity index (χ1n) is 8.32. The normalized spacial score (nSPS) is 14.2. The second kappa shape index (κ2) is 6.44. The van der Waals surface area contributed by atoms with Crippen molar-refractivity contribution in [3.05, 3.63) is 77.6 Å². The fraction of sp³-hybridized carbons (Fsp3) is 0.200. The zero-order chi connectivity index (χ0) is 18.1. The molecule has 4 rings (SSSR count). The molecule has 1 aliphatic rings. The maximum absolute atomic E-state index is 12.7. The molecule has 3 nitrogen and oxygen atoms in total. The average Bonchev–Trinajstić information content (AvgIpc) is 2.67. The van der Waals surface area contributed by atoms with Crippen LogP contribution in [-0.2, 0) is 19.1 Å². The first kappa shape index (κ1) is 16.6. The van der Waals surface area contributed by atoms with Crippen LogP contribution in [-0.4, -0.2) is 16.5 Å². The molecule has 6 heteroatoms. The Bertz CT molecular complexity index is 906. The highest BCUT2D eigenvalue weighted by Crippen LogP contribution is 2.32. The third-order valence-electron chi connectivity index (χ3n) is 4.60. The van der Waals surface area contributed by atoms with Crippen LogP contribution in [0.4, 0.5) is 19.1 Å². The molecule has 1 aromatic heterocycles. The van der Waals surface area contributed by atoms with Crippen molar-refractivity contribution < 1.29 is 13.2 Å². The van der Waals surface area contributed by atoms with Gasteiger partial charge in [0.15, 0.2) is 0 Å². The van der Waals surface area contributed by atoms with Gasteiger partial charge in [-0.1, -0.05) is 24.3 Å². The Balaban J connectivity index is 1.61. The quantitative estimate of drug-likeness (QED) is 0.666. The van der Waals surface area contributed by atoms with E-state index in [-0.39, 0.29) is 0 Å². The molecule has 0 radical (unpaired) electrons. The summed E-state index contributed by atoms with van der Waals surface area (Å²) in [6, 6.07) is 13.1. The van der Waals surface area contributed by atoms with Crippen molar-refractivity contribution >= 4 is 5.95 Å². The lowest BCUT2D eigenvalue weighted by Gasteiger charge is -2.29. The summed E-state index contributed by atoms with van der Waals surface area (Å²) in [4.78, 5) is 10.7. The van der Waals surface area contributed by atoms with Gasteiger partial charge in [-0.3, -0.25) is 0 Å². The van der Waals surface area contributed by atoms with Crippen LogP contribution in [0.3, 0.4) is 0 Å². The van der Waals surface area contributed by atoms with Gasteiger partial charge in [0.25, 0.3) is 0 Å². The minimum absolute atomic E-state index is 0.633. The van der Waals surface area contributed by atoms with Crippen LogP contribution in [0.2, 0.25) is 0 Å². The van der Waals surface area contributed by atoms with E-state index in [9.17, 15) is 13.2 Å². The number of hydrogen-bond donors (Lipinski definition) is 0. The predicted octanol–water partition coefficient (Wildman–Crippen LogP) is 4.73. The zero-order valence-electron chi connectivity index (χ0n) is 13.9. The molecule has 26 heavy (non-hydrogen) atoms. The Morgan fingerprint density at radius 3 is 2.23 bits per heavy atom. The van der Waals surface area contributed by atoms with Crippen molar-refractivity contribution in [2.45, 2.75) is 19.1 Å². The number of rotatable bonds is 2. The lowest BCUT2D eigenvalue weighted by atomic mass is 9.94. The summed E-state index contributed by atoms with van der Waals surface area (Å²) in [7, 11) is 0. The van der Waals surface area contributed by atoms with Crippen LogP contribution in [0.15, 0.2) is 60.9 Å². The van der Waals surface area contributed by atoms with E-state index in [2.05, 4.69) is 20.9 Å². The highest BCUT2D eigenvalue weighted by molar-refractivity contribution is 5.66. The Hall–Kier alpha value is -2.89. The van der Waals surface area contributed by atoms with Gasteiger partial charge >= 0.3 is 6.18 Å². The van der Waals surface area contributed by atoms with Crippen molar-refractivity contribution in [1.82, 2.24) is 9.97 Å². The third kappa shape index (κ3) is 3.27. The predicted molar refractivity (Wildman–Crippen MR) is 93.7 cm³/mol. The third-order valence-corrected chi connectivity index (χ3v) is 4.60. The second-order valence-electron chi connectivity index (χ2n) is 6.28. The Labute approximate surface area is 149 Å².